The predicted molar refractivity (Wildman–Crippen MR) is 70.1 cm³/mol. The first-order valence-electron chi connectivity index (χ1n) is 6.45. The van der Waals surface area contributed by atoms with E-state index in [4.69, 9.17) is 0 Å². The molecule has 94 valence electrons. The molecule has 3 rings (SSSR count). The second kappa shape index (κ2) is 4.90. The van der Waals surface area contributed by atoms with Gasteiger partial charge in [-0.05, 0) is 43.5 Å². The molecule has 1 N–H and O–H groups in total. The monoisotopic (exact) mass is 242 g/mol. The van der Waals surface area contributed by atoms with Crippen LogP contribution in [0.1, 0.15) is 30.3 Å². The van der Waals surface area contributed by atoms with Crippen LogP contribution in [0, 0.1) is 5.92 Å². The number of nitrogens with zero attached hydrogens (tertiary/aromatic N) is 3. The Bertz CT molecular complexity index is 502. The summed E-state index contributed by atoms with van der Waals surface area (Å²) in [5.41, 5.74) is 1.37. The largest absolute Gasteiger partial charge is 0.346 e. The van der Waals surface area contributed by atoms with Crippen LogP contribution in [0.2, 0.25) is 0 Å². The van der Waals surface area contributed by atoms with Gasteiger partial charge in [0, 0.05) is 30.8 Å². The average molecular weight is 242 g/mol. The molecule has 0 bridgehead atoms. The number of aromatic nitrogens is 3. The lowest BCUT2D eigenvalue weighted by Crippen LogP contribution is -2.17. The van der Waals surface area contributed by atoms with Gasteiger partial charge >= 0.3 is 0 Å². The van der Waals surface area contributed by atoms with Gasteiger partial charge < -0.3 is 9.88 Å². The molecule has 1 atom stereocenters. The molecule has 0 aliphatic heterocycles. The first kappa shape index (κ1) is 11.4. The maximum Gasteiger partial charge on any atom is 0.147 e. The molecule has 2 aromatic rings. The van der Waals surface area contributed by atoms with E-state index in [0.717, 1.165) is 18.3 Å². The highest BCUT2D eigenvalue weighted by atomic mass is 15.0. The zero-order chi connectivity index (χ0) is 12.4. The second-order valence-electron chi connectivity index (χ2n) is 4.89. The summed E-state index contributed by atoms with van der Waals surface area (Å²) in [7, 11) is 2.04. The van der Waals surface area contributed by atoms with Crippen LogP contribution >= 0.6 is 0 Å². The van der Waals surface area contributed by atoms with Crippen molar-refractivity contribution in [2.45, 2.75) is 25.4 Å². The number of hydrogen-bond donors (Lipinski definition) is 1. The number of rotatable bonds is 5. The van der Waals surface area contributed by atoms with Crippen LogP contribution in [0.25, 0.3) is 0 Å². The quantitative estimate of drug-likeness (QED) is 0.872. The number of hydrogen-bond acceptors (Lipinski definition) is 3. The van der Waals surface area contributed by atoms with Gasteiger partial charge in [0.1, 0.15) is 5.82 Å². The molecule has 1 unspecified atom stereocenters. The summed E-state index contributed by atoms with van der Waals surface area (Å²) >= 11 is 0. The lowest BCUT2D eigenvalue weighted by Gasteiger charge is -2.13. The van der Waals surface area contributed by atoms with Crippen LogP contribution in [-0.2, 0) is 6.54 Å². The van der Waals surface area contributed by atoms with Crippen LogP contribution in [0.3, 0.4) is 0 Å². The smallest absolute Gasteiger partial charge is 0.147 e. The Morgan fingerprint density at radius 1 is 1.39 bits per heavy atom. The molecule has 0 radical (unpaired) electrons. The Hall–Kier alpha value is -1.68. The Labute approximate surface area is 107 Å². The lowest BCUT2D eigenvalue weighted by atomic mass is 10.1. The maximum absolute atomic E-state index is 4.25. The molecule has 0 aromatic carbocycles. The van der Waals surface area contributed by atoms with Gasteiger partial charge in [0.25, 0.3) is 0 Å². The van der Waals surface area contributed by atoms with Crippen molar-refractivity contribution in [3.63, 3.8) is 0 Å². The first-order valence-corrected chi connectivity index (χ1v) is 6.45. The van der Waals surface area contributed by atoms with Gasteiger partial charge in [0.15, 0.2) is 0 Å². The summed E-state index contributed by atoms with van der Waals surface area (Å²) in [4.78, 5) is 8.50. The highest BCUT2D eigenvalue weighted by molar-refractivity contribution is 5.18. The minimum absolute atomic E-state index is 0.503. The summed E-state index contributed by atoms with van der Waals surface area (Å²) < 4.78 is 2.15. The average Bonchev–Trinajstić information content (AvgIpc) is 3.13. The zero-order valence-electron chi connectivity index (χ0n) is 10.6. The van der Waals surface area contributed by atoms with E-state index in [-0.39, 0.29) is 0 Å². The van der Waals surface area contributed by atoms with Crippen molar-refractivity contribution in [2.75, 3.05) is 7.05 Å². The molecule has 1 aliphatic carbocycles. The van der Waals surface area contributed by atoms with Crippen LogP contribution in [0.5, 0.6) is 0 Å². The van der Waals surface area contributed by atoms with E-state index < -0.39 is 0 Å². The van der Waals surface area contributed by atoms with Crippen LogP contribution < -0.4 is 5.32 Å². The van der Waals surface area contributed by atoms with Crippen molar-refractivity contribution in [2.24, 2.45) is 5.92 Å². The summed E-state index contributed by atoms with van der Waals surface area (Å²) in [6.45, 7) is 0.738. The Balaban J connectivity index is 1.73. The van der Waals surface area contributed by atoms with Crippen LogP contribution in [0.15, 0.2) is 36.9 Å². The van der Waals surface area contributed by atoms with Gasteiger partial charge in [-0.3, -0.25) is 0 Å². The minimum atomic E-state index is 0.503. The van der Waals surface area contributed by atoms with E-state index in [2.05, 4.69) is 38.3 Å². The van der Waals surface area contributed by atoms with Crippen molar-refractivity contribution < 1.29 is 0 Å². The third kappa shape index (κ3) is 2.43. The maximum atomic E-state index is 4.25. The van der Waals surface area contributed by atoms with E-state index in [9.17, 15) is 0 Å². The van der Waals surface area contributed by atoms with Crippen LogP contribution in [-0.4, -0.2) is 21.6 Å². The highest BCUT2D eigenvalue weighted by Crippen LogP contribution is 2.40. The Kier molecular flexibility index (Phi) is 3.11. The normalized spacial score (nSPS) is 16.7. The summed E-state index contributed by atoms with van der Waals surface area (Å²) in [6, 6.07) is 4.54. The van der Waals surface area contributed by atoms with Crippen molar-refractivity contribution >= 4 is 0 Å². The summed E-state index contributed by atoms with van der Waals surface area (Å²) in [6.07, 6.45) is 10.6. The van der Waals surface area contributed by atoms with Crippen molar-refractivity contribution in [3.05, 3.63) is 48.3 Å². The standard InChI is InChI=1S/C14H18N4/c1-15-14(11-3-4-11)12-5-8-18(9-12)10-13-16-6-2-7-17-13/h2,5-9,11,14-15H,3-4,10H2,1H3. The Morgan fingerprint density at radius 3 is 2.83 bits per heavy atom. The number of nitrogens with one attached hydrogen (secondary N) is 1. The molecular weight excluding hydrogens is 224 g/mol. The van der Waals surface area contributed by atoms with Gasteiger partial charge in [-0.25, -0.2) is 9.97 Å². The van der Waals surface area contributed by atoms with E-state index in [1.807, 2.05) is 13.1 Å². The molecular formula is C14H18N4. The van der Waals surface area contributed by atoms with Crippen molar-refractivity contribution in [1.82, 2.24) is 19.9 Å². The van der Waals surface area contributed by atoms with Crippen molar-refractivity contribution in [1.29, 1.82) is 0 Å². The molecule has 0 amide bonds. The fraction of sp³-hybridized carbons (Fsp3) is 0.429. The molecule has 1 saturated carbocycles. The van der Waals surface area contributed by atoms with E-state index in [1.54, 1.807) is 12.4 Å². The predicted octanol–water partition coefficient (Wildman–Crippen LogP) is 2.00. The van der Waals surface area contributed by atoms with Crippen LogP contribution in [0.4, 0.5) is 0 Å². The van der Waals surface area contributed by atoms with E-state index >= 15 is 0 Å². The molecule has 4 heteroatoms. The Morgan fingerprint density at radius 2 is 2.17 bits per heavy atom. The topological polar surface area (TPSA) is 42.7 Å². The minimum Gasteiger partial charge on any atom is -0.346 e. The lowest BCUT2D eigenvalue weighted by molar-refractivity contribution is 0.527. The molecule has 18 heavy (non-hydrogen) atoms. The van der Waals surface area contributed by atoms with Gasteiger partial charge in [-0.1, -0.05) is 0 Å². The molecule has 2 heterocycles. The molecule has 1 aliphatic rings. The highest BCUT2D eigenvalue weighted by Gasteiger charge is 2.31. The van der Waals surface area contributed by atoms with Gasteiger partial charge in [0.05, 0.1) is 6.54 Å². The molecule has 4 nitrogen and oxygen atoms in total. The molecule has 0 saturated heterocycles. The zero-order valence-corrected chi connectivity index (χ0v) is 10.6. The first-order chi connectivity index (χ1) is 8.86. The fourth-order valence-electron chi connectivity index (χ4n) is 2.42. The van der Waals surface area contributed by atoms with Gasteiger partial charge in [-0.2, -0.15) is 0 Å². The third-order valence-electron chi connectivity index (χ3n) is 3.48. The molecule has 0 spiro atoms. The van der Waals surface area contributed by atoms with E-state index in [1.165, 1.54) is 18.4 Å². The fourth-order valence-corrected chi connectivity index (χ4v) is 2.42. The molecule has 1 fully saturated rings. The van der Waals surface area contributed by atoms with E-state index in [0.29, 0.717) is 6.04 Å². The molecule has 2 aromatic heterocycles. The van der Waals surface area contributed by atoms with Crippen molar-refractivity contribution in [3.8, 4) is 0 Å². The third-order valence-corrected chi connectivity index (χ3v) is 3.48. The summed E-state index contributed by atoms with van der Waals surface area (Å²) in [5.74, 6) is 1.67. The van der Waals surface area contributed by atoms with Gasteiger partial charge in [-0.15, -0.1) is 0 Å². The summed E-state index contributed by atoms with van der Waals surface area (Å²) in [5, 5.41) is 3.41. The second-order valence-corrected chi connectivity index (χ2v) is 4.89. The SMILES string of the molecule is CNC(c1ccn(Cc2ncccn2)c1)C1CC1. The van der Waals surface area contributed by atoms with Gasteiger partial charge in [0.2, 0.25) is 0 Å².